The van der Waals surface area contributed by atoms with Crippen molar-refractivity contribution in [2.45, 2.75) is 31.2 Å². The van der Waals surface area contributed by atoms with Crippen LogP contribution < -0.4 is 0 Å². The van der Waals surface area contributed by atoms with Gasteiger partial charge in [0.15, 0.2) is 0 Å². The van der Waals surface area contributed by atoms with Crippen molar-refractivity contribution in [1.29, 1.82) is 0 Å². The van der Waals surface area contributed by atoms with Gasteiger partial charge in [0.2, 0.25) is 10.0 Å². The van der Waals surface area contributed by atoms with Crippen molar-refractivity contribution in [3.05, 3.63) is 29.6 Å². The minimum Gasteiger partial charge on any atom is -0.207 e. The van der Waals surface area contributed by atoms with Crippen LogP contribution in [0.25, 0.3) is 0 Å². The third kappa shape index (κ3) is 2.64. The number of sulfonamides is 1. The highest BCUT2D eigenvalue weighted by atomic mass is 35.5. The predicted molar refractivity (Wildman–Crippen MR) is 73.3 cm³/mol. The van der Waals surface area contributed by atoms with Crippen molar-refractivity contribution in [3.8, 4) is 0 Å². The van der Waals surface area contributed by atoms with E-state index in [-0.39, 0.29) is 22.7 Å². The molecule has 0 spiro atoms. The first-order chi connectivity index (χ1) is 8.87. The van der Waals surface area contributed by atoms with Crippen molar-refractivity contribution < 1.29 is 12.8 Å². The van der Waals surface area contributed by atoms with E-state index in [1.54, 1.807) is 6.92 Å². The van der Waals surface area contributed by atoms with Crippen LogP contribution in [-0.4, -0.2) is 31.2 Å². The molecule has 1 aromatic carbocycles. The van der Waals surface area contributed by atoms with Gasteiger partial charge in [0.25, 0.3) is 0 Å². The van der Waals surface area contributed by atoms with Gasteiger partial charge in [-0.15, -0.1) is 11.6 Å². The first kappa shape index (κ1) is 14.8. The molecule has 19 heavy (non-hydrogen) atoms. The Bertz CT molecular complexity index is 576. The monoisotopic (exact) mass is 305 g/mol. The number of rotatable bonds is 3. The Hall–Kier alpha value is -0.650. The second-order valence-electron chi connectivity index (χ2n) is 5.01. The van der Waals surface area contributed by atoms with E-state index in [1.165, 1.54) is 22.5 Å². The molecule has 1 saturated heterocycles. The zero-order valence-electron chi connectivity index (χ0n) is 10.9. The molecule has 2 rings (SSSR count). The van der Waals surface area contributed by atoms with Crippen LogP contribution in [0.3, 0.4) is 0 Å². The number of benzene rings is 1. The van der Waals surface area contributed by atoms with Gasteiger partial charge in [-0.25, -0.2) is 12.8 Å². The molecule has 0 bridgehead atoms. The van der Waals surface area contributed by atoms with Gasteiger partial charge in [-0.2, -0.15) is 4.31 Å². The Morgan fingerprint density at radius 2 is 2.16 bits per heavy atom. The Kier molecular flexibility index (Phi) is 4.18. The molecule has 3 nitrogen and oxygen atoms in total. The maximum atomic E-state index is 13.1. The molecule has 0 N–H and O–H groups in total. The van der Waals surface area contributed by atoms with E-state index in [2.05, 4.69) is 0 Å². The maximum absolute atomic E-state index is 13.1. The fraction of sp³-hybridized carbons (Fsp3) is 0.538. The Morgan fingerprint density at radius 1 is 1.47 bits per heavy atom. The van der Waals surface area contributed by atoms with E-state index in [0.29, 0.717) is 12.1 Å². The van der Waals surface area contributed by atoms with Crippen LogP contribution >= 0.6 is 11.6 Å². The molecule has 106 valence electrons. The van der Waals surface area contributed by atoms with E-state index in [9.17, 15) is 12.8 Å². The highest BCUT2D eigenvalue weighted by molar-refractivity contribution is 7.89. The lowest BCUT2D eigenvalue weighted by Gasteiger charge is -2.25. The Morgan fingerprint density at radius 3 is 2.74 bits per heavy atom. The minimum absolute atomic E-state index is 0.165. The fourth-order valence-corrected chi connectivity index (χ4v) is 5.02. The molecule has 0 aromatic heterocycles. The molecule has 1 aliphatic heterocycles. The molecule has 2 atom stereocenters. The summed E-state index contributed by atoms with van der Waals surface area (Å²) in [5.41, 5.74) is 0.424. The summed E-state index contributed by atoms with van der Waals surface area (Å²) >= 11 is 5.89. The van der Waals surface area contributed by atoms with E-state index in [0.717, 1.165) is 6.42 Å². The summed E-state index contributed by atoms with van der Waals surface area (Å²) < 4.78 is 39.8. The number of halogens is 2. The van der Waals surface area contributed by atoms with Crippen molar-refractivity contribution in [1.82, 2.24) is 4.31 Å². The molecular weight excluding hydrogens is 289 g/mol. The molecule has 2 unspecified atom stereocenters. The molecule has 1 heterocycles. The van der Waals surface area contributed by atoms with Crippen molar-refractivity contribution in [2.75, 3.05) is 12.4 Å². The number of hydrogen-bond donors (Lipinski definition) is 0. The summed E-state index contributed by atoms with van der Waals surface area (Å²) in [6.45, 7) is 4.07. The zero-order valence-corrected chi connectivity index (χ0v) is 12.5. The molecule has 0 saturated carbocycles. The standard InChI is InChI=1S/C13H17ClFNO2S/c1-9-5-6-16(12(9)8-14)19(17,18)13-4-3-11(15)7-10(13)2/h3-4,7,9,12H,5-6,8H2,1-2H3. The van der Waals surface area contributed by atoms with Crippen LogP contribution in [0.5, 0.6) is 0 Å². The average Bonchev–Trinajstić information content (AvgIpc) is 2.70. The van der Waals surface area contributed by atoms with Crippen LogP contribution in [-0.2, 0) is 10.0 Å². The van der Waals surface area contributed by atoms with Gasteiger partial charge in [-0.05, 0) is 43.0 Å². The molecule has 6 heteroatoms. The van der Waals surface area contributed by atoms with Gasteiger partial charge in [0.1, 0.15) is 5.82 Å². The van der Waals surface area contributed by atoms with Gasteiger partial charge in [-0.1, -0.05) is 6.92 Å². The Balaban J connectivity index is 2.42. The topological polar surface area (TPSA) is 37.4 Å². The molecular formula is C13H17ClFNO2S. The smallest absolute Gasteiger partial charge is 0.207 e. The van der Waals surface area contributed by atoms with Gasteiger partial charge in [-0.3, -0.25) is 0 Å². The highest BCUT2D eigenvalue weighted by Crippen LogP contribution is 2.31. The van der Waals surface area contributed by atoms with Crippen molar-refractivity contribution >= 4 is 21.6 Å². The molecule has 1 aliphatic rings. The van der Waals surface area contributed by atoms with Crippen LogP contribution in [0.2, 0.25) is 0 Å². The zero-order chi connectivity index (χ0) is 14.2. The fourth-order valence-electron chi connectivity index (χ4n) is 2.53. The molecule has 1 fully saturated rings. The largest absolute Gasteiger partial charge is 0.243 e. The van der Waals surface area contributed by atoms with Crippen LogP contribution in [0.4, 0.5) is 4.39 Å². The first-order valence-corrected chi connectivity index (χ1v) is 8.19. The number of hydrogen-bond acceptors (Lipinski definition) is 2. The second kappa shape index (κ2) is 5.38. The summed E-state index contributed by atoms with van der Waals surface area (Å²) in [6, 6.07) is 3.56. The van der Waals surface area contributed by atoms with E-state index < -0.39 is 15.8 Å². The van der Waals surface area contributed by atoms with E-state index in [4.69, 9.17) is 11.6 Å². The quantitative estimate of drug-likeness (QED) is 0.805. The van der Waals surface area contributed by atoms with Crippen LogP contribution in [0, 0.1) is 18.7 Å². The minimum atomic E-state index is -3.60. The lowest BCUT2D eigenvalue weighted by atomic mass is 10.1. The lowest BCUT2D eigenvalue weighted by Crippen LogP contribution is -2.38. The summed E-state index contributed by atoms with van der Waals surface area (Å²) in [5, 5.41) is 0. The summed E-state index contributed by atoms with van der Waals surface area (Å²) in [6.07, 6.45) is 0.802. The summed E-state index contributed by atoms with van der Waals surface area (Å²) in [5.74, 6) is 0.0915. The molecule has 1 aromatic rings. The first-order valence-electron chi connectivity index (χ1n) is 6.22. The number of nitrogens with zero attached hydrogens (tertiary/aromatic N) is 1. The van der Waals surface area contributed by atoms with Crippen LogP contribution in [0.1, 0.15) is 18.9 Å². The molecule has 0 aliphatic carbocycles. The normalized spacial score (nSPS) is 24.8. The van der Waals surface area contributed by atoms with Gasteiger partial charge >= 0.3 is 0 Å². The van der Waals surface area contributed by atoms with Crippen LogP contribution in [0.15, 0.2) is 23.1 Å². The SMILES string of the molecule is Cc1cc(F)ccc1S(=O)(=O)N1CCC(C)C1CCl. The number of alkyl halides is 1. The van der Waals surface area contributed by atoms with E-state index >= 15 is 0 Å². The third-order valence-electron chi connectivity index (χ3n) is 3.71. The average molecular weight is 306 g/mol. The van der Waals surface area contributed by atoms with Gasteiger partial charge < -0.3 is 0 Å². The van der Waals surface area contributed by atoms with Crippen molar-refractivity contribution in [2.24, 2.45) is 5.92 Å². The van der Waals surface area contributed by atoms with Gasteiger partial charge in [0, 0.05) is 18.5 Å². The summed E-state index contributed by atoms with van der Waals surface area (Å²) in [7, 11) is -3.60. The predicted octanol–water partition coefficient (Wildman–Crippen LogP) is 2.77. The second-order valence-corrected chi connectivity index (χ2v) is 7.18. The lowest BCUT2D eigenvalue weighted by molar-refractivity contribution is 0.375. The Labute approximate surface area is 118 Å². The number of aryl methyl sites for hydroxylation is 1. The van der Waals surface area contributed by atoms with E-state index in [1.807, 2.05) is 6.92 Å². The maximum Gasteiger partial charge on any atom is 0.243 e. The summed E-state index contributed by atoms with van der Waals surface area (Å²) in [4.78, 5) is 0.165. The van der Waals surface area contributed by atoms with Gasteiger partial charge in [0.05, 0.1) is 4.90 Å². The third-order valence-corrected chi connectivity index (χ3v) is 6.11. The highest BCUT2D eigenvalue weighted by Gasteiger charge is 2.39. The van der Waals surface area contributed by atoms with Crippen molar-refractivity contribution in [3.63, 3.8) is 0 Å². The molecule has 0 radical (unpaired) electrons. The molecule has 0 amide bonds.